The van der Waals surface area contributed by atoms with E-state index in [1.54, 1.807) is 0 Å². The third-order valence-corrected chi connectivity index (χ3v) is 20.5. The second-order valence-electron chi connectivity index (χ2n) is 9.86. The van der Waals surface area contributed by atoms with Crippen LogP contribution in [0.1, 0.15) is 55.4 Å². The fourth-order valence-corrected chi connectivity index (χ4v) is 16.8. The van der Waals surface area contributed by atoms with Crippen LogP contribution in [0.2, 0.25) is 48.4 Å². The summed E-state index contributed by atoms with van der Waals surface area (Å²) in [6.45, 7) is 20.4. The van der Waals surface area contributed by atoms with Crippen LogP contribution < -0.4 is 0 Å². The number of hydrogen-bond donors (Lipinski definition) is 4. The summed E-state index contributed by atoms with van der Waals surface area (Å²) in [6, 6.07) is 1.03. The first-order valence-electron chi connectivity index (χ1n) is 10.8. The van der Waals surface area contributed by atoms with E-state index in [-0.39, 0.29) is 24.3 Å². The van der Waals surface area contributed by atoms with Gasteiger partial charge >= 0.3 is 17.6 Å². The molecule has 0 aromatic rings. The molecule has 0 saturated heterocycles. The van der Waals surface area contributed by atoms with Crippen molar-refractivity contribution in [2.24, 2.45) is 0 Å². The molecule has 0 aliphatic carbocycles. The Hall–Kier alpha value is 0.588. The van der Waals surface area contributed by atoms with Crippen LogP contribution in [0.4, 0.5) is 0 Å². The molecule has 0 fully saturated rings. The van der Waals surface area contributed by atoms with Crippen molar-refractivity contribution in [2.45, 2.75) is 116 Å². The lowest BCUT2D eigenvalue weighted by Gasteiger charge is -2.36. The van der Waals surface area contributed by atoms with Crippen LogP contribution in [0.25, 0.3) is 0 Å². The van der Waals surface area contributed by atoms with Crippen molar-refractivity contribution in [1.82, 2.24) is 0 Å². The molecule has 0 rings (SSSR count). The molecule has 176 valence electrons. The zero-order valence-electron chi connectivity index (χ0n) is 20.2. The second-order valence-corrected chi connectivity index (χ2v) is 23.7. The predicted octanol–water partition coefficient (Wildman–Crippen LogP) is 3.67. The number of rotatable bonds is 14. The molecular weight excluding hydrogens is 441 g/mol. The van der Waals surface area contributed by atoms with E-state index in [4.69, 9.17) is 13.0 Å². The van der Waals surface area contributed by atoms with Crippen molar-refractivity contribution < 1.29 is 32.1 Å². The van der Waals surface area contributed by atoms with Crippen molar-refractivity contribution in [1.29, 1.82) is 0 Å². The summed E-state index contributed by atoms with van der Waals surface area (Å²) in [5.41, 5.74) is 0.594. The molecule has 0 aliphatic heterocycles. The Morgan fingerprint density at radius 3 is 1.03 bits per heavy atom. The normalized spacial score (nSPS) is 18.0. The van der Waals surface area contributed by atoms with Crippen molar-refractivity contribution in [3.63, 3.8) is 0 Å². The Labute approximate surface area is 182 Å². The van der Waals surface area contributed by atoms with Gasteiger partial charge in [-0.05, 0) is 64.0 Å². The molecule has 0 radical (unpaired) electrons. The van der Waals surface area contributed by atoms with E-state index in [9.17, 15) is 19.2 Å². The standard InChI is InChI=1S/C18H46O7Si4/c1-15(2)23-26(9,17(5)6)11-13-28(19,20)25-29(21,22)14-12-27(10,18(7)8)24-16(3)4/h15-22H,11-14H2,1-10H3. The highest BCUT2D eigenvalue weighted by Gasteiger charge is 2.49. The maximum Gasteiger partial charge on any atom is 0.487 e. The molecule has 11 heteroatoms. The second kappa shape index (κ2) is 11.5. The highest BCUT2D eigenvalue weighted by Crippen LogP contribution is 2.33. The summed E-state index contributed by atoms with van der Waals surface area (Å²) in [5, 5.41) is 0. The Bertz CT molecular complexity index is 447. The summed E-state index contributed by atoms with van der Waals surface area (Å²) < 4.78 is 17.5. The van der Waals surface area contributed by atoms with Gasteiger partial charge in [-0.25, -0.2) is 0 Å². The van der Waals surface area contributed by atoms with Gasteiger partial charge in [-0.1, -0.05) is 27.7 Å². The van der Waals surface area contributed by atoms with Gasteiger partial charge in [0.05, 0.1) is 0 Å². The fourth-order valence-electron chi connectivity index (χ4n) is 3.23. The molecule has 0 amide bonds. The molecule has 7 nitrogen and oxygen atoms in total. The van der Waals surface area contributed by atoms with Gasteiger partial charge in [0.15, 0.2) is 16.6 Å². The Morgan fingerprint density at radius 1 is 0.552 bits per heavy atom. The van der Waals surface area contributed by atoms with Gasteiger partial charge in [0.25, 0.3) is 0 Å². The Morgan fingerprint density at radius 2 is 0.828 bits per heavy atom. The van der Waals surface area contributed by atoms with Crippen molar-refractivity contribution in [3.05, 3.63) is 0 Å². The third kappa shape index (κ3) is 11.1. The van der Waals surface area contributed by atoms with Gasteiger partial charge in [-0.15, -0.1) is 0 Å². The Balaban J connectivity index is 5.02. The minimum Gasteiger partial charge on any atom is -0.415 e. The lowest BCUT2D eigenvalue weighted by Crippen LogP contribution is -2.55. The maximum absolute atomic E-state index is 10.4. The first-order valence-corrected chi connectivity index (χ1v) is 20.2. The van der Waals surface area contributed by atoms with Crippen LogP contribution in [0.15, 0.2) is 0 Å². The molecule has 2 unspecified atom stereocenters. The van der Waals surface area contributed by atoms with Crippen molar-refractivity contribution in [2.75, 3.05) is 0 Å². The van der Waals surface area contributed by atoms with Crippen molar-refractivity contribution >= 4 is 34.2 Å². The van der Waals surface area contributed by atoms with Gasteiger partial charge in [-0.2, -0.15) is 0 Å². The fraction of sp³-hybridized carbons (Fsp3) is 1.00. The van der Waals surface area contributed by atoms with E-state index >= 15 is 0 Å². The molecule has 0 aromatic heterocycles. The molecular formula is C18H46O7Si4. The maximum atomic E-state index is 10.4. The monoisotopic (exact) mass is 486 g/mol. The lowest BCUT2D eigenvalue weighted by atomic mass is 10.5. The van der Waals surface area contributed by atoms with E-state index in [2.05, 4.69) is 40.8 Å². The first kappa shape index (κ1) is 29.6. The molecule has 0 aliphatic rings. The quantitative estimate of drug-likeness (QED) is 0.277. The molecule has 0 aromatic carbocycles. The summed E-state index contributed by atoms with van der Waals surface area (Å²) in [5.74, 6) is 0. The molecule has 0 spiro atoms. The van der Waals surface area contributed by atoms with Gasteiger partial charge in [0.1, 0.15) is 0 Å². The van der Waals surface area contributed by atoms with E-state index in [1.807, 2.05) is 27.7 Å². The van der Waals surface area contributed by atoms with Crippen LogP contribution in [-0.4, -0.2) is 65.6 Å². The topological polar surface area (TPSA) is 109 Å². The summed E-state index contributed by atoms with van der Waals surface area (Å²) in [7, 11) is -12.8. The highest BCUT2D eigenvalue weighted by molar-refractivity contribution is 6.79. The smallest absolute Gasteiger partial charge is 0.415 e. The van der Waals surface area contributed by atoms with Crippen LogP contribution in [0.3, 0.4) is 0 Å². The molecule has 29 heavy (non-hydrogen) atoms. The molecule has 0 bridgehead atoms. The minimum absolute atomic E-state index is 0.0118. The zero-order chi connectivity index (χ0) is 23.3. The molecule has 4 N–H and O–H groups in total. The van der Waals surface area contributed by atoms with Crippen LogP contribution in [0.5, 0.6) is 0 Å². The summed E-state index contributed by atoms with van der Waals surface area (Å²) >= 11 is 0. The molecule has 0 heterocycles. The lowest BCUT2D eigenvalue weighted by molar-refractivity contribution is 0.153. The SMILES string of the molecule is CC(C)O[Si](C)(CC[Si](O)(O)O[Si](O)(O)CC[Si](C)(OC(C)C)C(C)C)C(C)C. The van der Waals surface area contributed by atoms with Gasteiger partial charge in [0, 0.05) is 24.3 Å². The van der Waals surface area contributed by atoms with Crippen LogP contribution >= 0.6 is 0 Å². The minimum atomic E-state index is -4.21. The van der Waals surface area contributed by atoms with Gasteiger partial charge in [-0.3, -0.25) is 0 Å². The summed E-state index contributed by atoms with van der Waals surface area (Å²) in [6.07, 6.45) is 0.124. The highest BCUT2D eigenvalue weighted by atomic mass is 28.5. The Kier molecular flexibility index (Phi) is 11.7. The van der Waals surface area contributed by atoms with Crippen molar-refractivity contribution in [3.8, 4) is 0 Å². The third-order valence-electron chi connectivity index (χ3n) is 5.67. The summed E-state index contributed by atoms with van der Waals surface area (Å²) in [4.78, 5) is 41.8. The first-order chi connectivity index (χ1) is 12.8. The van der Waals surface area contributed by atoms with Gasteiger partial charge in [0.2, 0.25) is 0 Å². The van der Waals surface area contributed by atoms with Crippen LogP contribution in [-0.2, 0) is 13.0 Å². The zero-order valence-corrected chi connectivity index (χ0v) is 24.2. The van der Waals surface area contributed by atoms with E-state index < -0.39 is 34.2 Å². The van der Waals surface area contributed by atoms with E-state index in [0.717, 1.165) is 0 Å². The van der Waals surface area contributed by atoms with Gasteiger partial charge < -0.3 is 32.1 Å². The van der Waals surface area contributed by atoms with Crippen LogP contribution in [0, 0.1) is 0 Å². The average molecular weight is 487 g/mol. The molecule has 2 atom stereocenters. The largest absolute Gasteiger partial charge is 0.487 e. The van der Waals surface area contributed by atoms with E-state index in [0.29, 0.717) is 23.2 Å². The average Bonchev–Trinajstić information content (AvgIpc) is 2.49. The molecule has 0 saturated carbocycles. The predicted molar refractivity (Wildman–Crippen MR) is 127 cm³/mol. The number of hydrogen-bond acceptors (Lipinski definition) is 7. The van der Waals surface area contributed by atoms with E-state index in [1.165, 1.54) is 0 Å².